The zero-order chi connectivity index (χ0) is 17.2. The summed E-state index contributed by atoms with van der Waals surface area (Å²) >= 11 is 0. The Hall–Kier alpha value is -1.85. The highest BCUT2D eigenvalue weighted by molar-refractivity contribution is 5.92. The van der Waals surface area contributed by atoms with E-state index in [-0.39, 0.29) is 18.0 Å². The quantitative estimate of drug-likeness (QED) is 0.809. The minimum absolute atomic E-state index is 0.142. The second kappa shape index (κ2) is 6.72. The molecule has 0 spiro atoms. The number of aliphatic carboxylic acids is 1. The molecular formula is C17H27N3O3. The first kappa shape index (κ1) is 17.5. The van der Waals surface area contributed by atoms with Gasteiger partial charge in [-0.15, -0.1) is 0 Å². The Balaban J connectivity index is 2.09. The molecule has 0 radical (unpaired) electrons. The van der Waals surface area contributed by atoms with Crippen molar-refractivity contribution in [3.63, 3.8) is 0 Å². The van der Waals surface area contributed by atoms with Crippen molar-refractivity contribution < 1.29 is 14.7 Å². The van der Waals surface area contributed by atoms with Gasteiger partial charge in [-0.25, -0.2) is 0 Å². The zero-order valence-corrected chi connectivity index (χ0v) is 14.4. The Labute approximate surface area is 137 Å². The summed E-state index contributed by atoms with van der Waals surface area (Å²) in [6, 6.07) is 1.86. The molecule has 0 aliphatic heterocycles. The van der Waals surface area contributed by atoms with Gasteiger partial charge in [-0.3, -0.25) is 14.3 Å². The first-order valence-electron chi connectivity index (χ1n) is 8.35. The molecule has 1 aromatic rings. The lowest BCUT2D eigenvalue weighted by Gasteiger charge is -2.22. The van der Waals surface area contributed by atoms with Gasteiger partial charge in [0.15, 0.2) is 0 Å². The summed E-state index contributed by atoms with van der Waals surface area (Å²) in [5, 5.41) is 16.3. The molecule has 6 heteroatoms. The Morgan fingerprint density at radius 2 is 2.09 bits per heavy atom. The summed E-state index contributed by atoms with van der Waals surface area (Å²) < 4.78 is 1.93. The molecule has 1 saturated carbocycles. The lowest BCUT2D eigenvalue weighted by atomic mass is 10.0. The molecule has 1 unspecified atom stereocenters. The number of hydrogen-bond acceptors (Lipinski definition) is 3. The van der Waals surface area contributed by atoms with Crippen LogP contribution in [0.4, 0.5) is 0 Å². The number of carbonyl (C=O) groups is 2. The van der Waals surface area contributed by atoms with E-state index >= 15 is 0 Å². The van der Waals surface area contributed by atoms with Gasteiger partial charge < -0.3 is 10.4 Å². The normalized spacial score (nSPS) is 16.2. The van der Waals surface area contributed by atoms with E-state index in [1.54, 1.807) is 0 Å². The summed E-state index contributed by atoms with van der Waals surface area (Å²) in [6.45, 7) is 8.27. The Kier molecular flexibility index (Phi) is 5.12. The van der Waals surface area contributed by atoms with Gasteiger partial charge in [0, 0.05) is 18.2 Å². The van der Waals surface area contributed by atoms with Crippen molar-refractivity contribution in [2.24, 2.45) is 5.92 Å². The molecule has 2 N–H and O–H groups in total. The van der Waals surface area contributed by atoms with Gasteiger partial charge >= 0.3 is 5.97 Å². The molecule has 2 rings (SSSR count). The largest absolute Gasteiger partial charge is 0.481 e. The van der Waals surface area contributed by atoms with Crippen LogP contribution in [0.1, 0.15) is 75.5 Å². The molecule has 1 aromatic heterocycles. The fourth-order valence-corrected chi connectivity index (χ4v) is 2.68. The fraction of sp³-hybridized carbons (Fsp3) is 0.706. The molecule has 23 heavy (non-hydrogen) atoms. The van der Waals surface area contributed by atoms with E-state index in [4.69, 9.17) is 5.11 Å². The third-order valence-electron chi connectivity index (χ3n) is 4.10. The van der Waals surface area contributed by atoms with Crippen molar-refractivity contribution in [2.75, 3.05) is 6.54 Å². The Morgan fingerprint density at radius 1 is 1.43 bits per heavy atom. The van der Waals surface area contributed by atoms with Crippen molar-refractivity contribution in [1.29, 1.82) is 0 Å². The zero-order valence-electron chi connectivity index (χ0n) is 14.4. The van der Waals surface area contributed by atoms with E-state index in [1.165, 1.54) is 0 Å². The number of aromatic nitrogens is 2. The predicted molar refractivity (Wildman–Crippen MR) is 87.6 cm³/mol. The molecule has 1 atom stereocenters. The van der Waals surface area contributed by atoms with Crippen LogP contribution >= 0.6 is 0 Å². The maximum atomic E-state index is 12.3. The van der Waals surface area contributed by atoms with Gasteiger partial charge in [-0.1, -0.05) is 13.3 Å². The maximum Gasteiger partial charge on any atom is 0.308 e. The van der Waals surface area contributed by atoms with Crippen LogP contribution < -0.4 is 5.32 Å². The Bertz CT molecular complexity index is 582. The molecular weight excluding hydrogens is 294 g/mol. The SMILES string of the molecule is CCCC(CNC(=O)c1cc(C2CC2)n(C(C)(C)C)n1)C(=O)O. The highest BCUT2D eigenvalue weighted by atomic mass is 16.4. The van der Waals surface area contributed by atoms with Gasteiger partial charge in [0.1, 0.15) is 5.69 Å². The third-order valence-corrected chi connectivity index (χ3v) is 4.10. The first-order chi connectivity index (χ1) is 10.7. The molecule has 1 fully saturated rings. The number of nitrogens with zero attached hydrogens (tertiary/aromatic N) is 2. The van der Waals surface area contributed by atoms with Crippen LogP contribution in [0.2, 0.25) is 0 Å². The minimum atomic E-state index is -0.869. The van der Waals surface area contributed by atoms with E-state index in [0.717, 1.165) is 25.0 Å². The summed E-state index contributed by atoms with van der Waals surface area (Å²) in [7, 11) is 0. The molecule has 1 amide bonds. The van der Waals surface area contributed by atoms with Crippen molar-refractivity contribution in [3.8, 4) is 0 Å². The van der Waals surface area contributed by atoms with Crippen molar-refractivity contribution in [3.05, 3.63) is 17.5 Å². The van der Waals surface area contributed by atoms with Crippen LogP contribution in [0.25, 0.3) is 0 Å². The molecule has 1 aliphatic carbocycles. The lowest BCUT2D eigenvalue weighted by molar-refractivity contribution is -0.141. The van der Waals surface area contributed by atoms with Crippen molar-refractivity contribution >= 4 is 11.9 Å². The maximum absolute atomic E-state index is 12.3. The number of carboxylic acids is 1. The van der Waals surface area contributed by atoms with Gasteiger partial charge in [-0.05, 0) is 46.1 Å². The fourth-order valence-electron chi connectivity index (χ4n) is 2.68. The van der Waals surface area contributed by atoms with E-state index < -0.39 is 11.9 Å². The van der Waals surface area contributed by atoms with E-state index in [9.17, 15) is 9.59 Å². The monoisotopic (exact) mass is 321 g/mol. The highest BCUT2D eigenvalue weighted by Crippen LogP contribution is 2.41. The molecule has 6 nitrogen and oxygen atoms in total. The number of rotatable bonds is 7. The van der Waals surface area contributed by atoms with Crippen LogP contribution in [-0.4, -0.2) is 33.3 Å². The lowest BCUT2D eigenvalue weighted by Crippen LogP contribution is -2.33. The smallest absolute Gasteiger partial charge is 0.308 e. The summed E-state index contributed by atoms with van der Waals surface area (Å²) in [4.78, 5) is 23.5. The number of amides is 1. The van der Waals surface area contributed by atoms with E-state index in [2.05, 4.69) is 31.2 Å². The second-order valence-corrected chi connectivity index (χ2v) is 7.35. The van der Waals surface area contributed by atoms with Crippen molar-refractivity contribution in [1.82, 2.24) is 15.1 Å². The molecule has 1 aliphatic rings. The molecule has 0 aromatic carbocycles. The topological polar surface area (TPSA) is 84.2 Å². The first-order valence-corrected chi connectivity index (χ1v) is 8.35. The van der Waals surface area contributed by atoms with Gasteiger partial charge in [-0.2, -0.15) is 5.10 Å². The average Bonchev–Trinajstić information content (AvgIpc) is 3.19. The number of nitrogens with one attached hydrogen (secondary N) is 1. The van der Waals surface area contributed by atoms with Crippen LogP contribution in [0.3, 0.4) is 0 Å². The third kappa shape index (κ3) is 4.33. The second-order valence-electron chi connectivity index (χ2n) is 7.35. The molecule has 128 valence electrons. The predicted octanol–water partition coefficient (Wildman–Crippen LogP) is 2.75. The number of carboxylic acid groups (broad SMARTS) is 1. The Morgan fingerprint density at radius 3 is 2.57 bits per heavy atom. The summed E-state index contributed by atoms with van der Waals surface area (Å²) in [6.07, 6.45) is 3.61. The highest BCUT2D eigenvalue weighted by Gasteiger charge is 2.32. The van der Waals surface area contributed by atoms with Crippen molar-refractivity contribution in [2.45, 2.75) is 64.8 Å². The van der Waals surface area contributed by atoms with E-state index in [0.29, 0.717) is 18.0 Å². The van der Waals surface area contributed by atoms with E-state index in [1.807, 2.05) is 17.7 Å². The van der Waals surface area contributed by atoms with Crippen LogP contribution in [0.5, 0.6) is 0 Å². The molecule has 1 heterocycles. The van der Waals surface area contributed by atoms with Gasteiger partial charge in [0.25, 0.3) is 5.91 Å². The average molecular weight is 321 g/mol. The molecule has 0 bridgehead atoms. The minimum Gasteiger partial charge on any atom is -0.481 e. The van der Waals surface area contributed by atoms with Crippen LogP contribution in [0.15, 0.2) is 6.07 Å². The van der Waals surface area contributed by atoms with Crippen LogP contribution in [-0.2, 0) is 10.3 Å². The van der Waals surface area contributed by atoms with Crippen LogP contribution in [0, 0.1) is 5.92 Å². The van der Waals surface area contributed by atoms with Gasteiger partial charge in [0.05, 0.1) is 11.5 Å². The summed E-state index contributed by atoms with van der Waals surface area (Å²) in [5.41, 5.74) is 1.30. The number of hydrogen-bond donors (Lipinski definition) is 2. The standard InChI is InChI=1S/C17H27N3O3/c1-5-6-12(16(22)23)10-18-15(21)13-9-14(11-7-8-11)20(19-13)17(2,3)4/h9,11-12H,5-8,10H2,1-4H3,(H,18,21)(H,22,23). The summed E-state index contributed by atoms with van der Waals surface area (Å²) in [5.74, 6) is -1.21. The molecule has 0 saturated heterocycles. The van der Waals surface area contributed by atoms with Gasteiger partial charge in [0.2, 0.25) is 0 Å². The number of carbonyl (C=O) groups excluding carboxylic acids is 1.